The first-order valence-corrected chi connectivity index (χ1v) is 36.6. The number of aromatic nitrogens is 1. The summed E-state index contributed by atoms with van der Waals surface area (Å²) in [6.07, 6.45) is -2.16. The Kier molecular flexibility index (Phi) is 20.6. The second kappa shape index (κ2) is 30.3. The molecule has 101 heavy (non-hydrogen) atoms. The molecule has 1 fully saturated rings. The molecular weight excluding hydrogens is 1350 g/mol. The quantitative estimate of drug-likeness (QED) is 0.0146. The average molecular weight is 1420 g/mol. The van der Waals surface area contributed by atoms with Crippen LogP contribution >= 0.6 is 30.4 Å². The van der Waals surface area contributed by atoms with E-state index in [1.807, 2.05) is 218 Å². The lowest BCUT2D eigenvalue weighted by Crippen LogP contribution is -3.00. The number of β-lactam (4-membered cyclic amide) rings is 1. The minimum Gasteiger partial charge on any atom is -1.00 e. The number of hydrogen-bond donors (Lipinski definition) is 2. The zero-order valence-corrected chi connectivity index (χ0v) is 58.5. The lowest BCUT2D eigenvalue weighted by atomic mass is 9.77. The Morgan fingerprint density at radius 3 is 1.65 bits per heavy atom. The molecule has 3 aliphatic heterocycles. The van der Waals surface area contributed by atoms with E-state index in [0.717, 1.165) is 32.6 Å². The summed E-state index contributed by atoms with van der Waals surface area (Å²) in [4.78, 5) is 75.1. The van der Waals surface area contributed by atoms with Crippen molar-refractivity contribution in [3.8, 4) is 17.2 Å². The predicted octanol–water partition coefficient (Wildman–Crippen LogP) is 11.3. The number of amides is 2. The fourth-order valence-electron chi connectivity index (χ4n) is 13.1. The number of halogens is 1. The van der Waals surface area contributed by atoms with Crippen LogP contribution in [0.15, 0.2) is 307 Å². The van der Waals surface area contributed by atoms with Gasteiger partial charge < -0.3 is 51.6 Å². The van der Waals surface area contributed by atoms with Gasteiger partial charge in [-0.15, -0.1) is 23.1 Å². The molecule has 0 aliphatic carbocycles. The maximum atomic E-state index is 15.8. The first-order valence-electron chi connectivity index (χ1n) is 32.7. The Morgan fingerprint density at radius 2 is 1.14 bits per heavy atom. The van der Waals surface area contributed by atoms with Crippen LogP contribution in [-0.2, 0) is 45.6 Å². The Balaban J connectivity index is 0.00000912. The van der Waals surface area contributed by atoms with Crippen LogP contribution < -0.4 is 53.2 Å². The van der Waals surface area contributed by atoms with Crippen molar-refractivity contribution >= 4 is 80.9 Å². The first kappa shape index (κ1) is 68.7. The minimum atomic E-state index is -2.66. The summed E-state index contributed by atoms with van der Waals surface area (Å²) in [5.41, 5.74) is 4.55. The summed E-state index contributed by atoms with van der Waals surface area (Å²) < 4.78 is 30.5. The number of fused-ring (bicyclic) bond motifs is 2. The zero-order chi connectivity index (χ0) is 68.6. The van der Waals surface area contributed by atoms with E-state index < -0.39 is 66.0 Å². The molecule has 1 saturated heterocycles. The highest BCUT2D eigenvalue weighted by molar-refractivity contribution is 8.00. The second-order valence-corrected chi connectivity index (χ2v) is 30.0. The molecule has 0 unspecified atom stereocenters. The number of nitrogens with zero attached hydrogens (tertiary/aromatic N) is 3. The number of ether oxygens (including phenoxy) is 5. The monoisotopic (exact) mass is 1410 g/mol. The van der Waals surface area contributed by atoms with Gasteiger partial charge in [-0.05, 0) is 94.0 Å². The van der Waals surface area contributed by atoms with Gasteiger partial charge in [0.05, 0.1) is 13.3 Å². The van der Waals surface area contributed by atoms with E-state index in [1.165, 1.54) is 28.0 Å². The summed E-state index contributed by atoms with van der Waals surface area (Å²) in [5, 5.41) is 16.0. The maximum absolute atomic E-state index is 15.8. The molecule has 4 heterocycles. The third-order valence-corrected chi connectivity index (χ3v) is 24.3. The molecule has 19 heteroatoms. The minimum absolute atomic E-state index is 0. The summed E-state index contributed by atoms with van der Waals surface area (Å²) in [5.74, 6) is -2.26. The molecule has 0 radical (unpaired) electrons. The second-order valence-electron chi connectivity index (χ2n) is 24.6. The number of thioether (sulfide) groups is 1. The highest BCUT2D eigenvalue weighted by Crippen LogP contribution is 2.58. The van der Waals surface area contributed by atoms with Crippen molar-refractivity contribution in [3.05, 3.63) is 346 Å². The smallest absolute Gasteiger partial charge is 0.355 e. The first-order chi connectivity index (χ1) is 48.9. The van der Waals surface area contributed by atoms with Gasteiger partial charge in [-0.1, -0.05) is 230 Å². The number of hydrogen-bond acceptors (Lipinski definition) is 15. The molecule has 1 aromatic heterocycles. The van der Waals surface area contributed by atoms with Crippen molar-refractivity contribution in [1.29, 1.82) is 0 Å². The third kappa shape index (κ3) is 14.2. The van der Waals surface area contributed by atoms with E-state index in [0.29, 0.717) is 56.6 Å². The number of carbonyl (C=O) groups excluding carboxylic acids is 4. The van der Waals surface area contributed by atoms with E-state index in [2.05, 4.69) is 52.2 Å². The maximum Gasteiger partial charge on any atom is 0.355 e. The van der Waals surface area contributed by atoms with Gasteiger partial charge in [0.25, 0.3) is 11.8 Å². The Bertz CT molecular complexity index is 4550. The molecule has 14 rings (SSSR count). The highest BCUT2D eigenvalue weighted by atomic mass is 35.5. The Hall–Kier alpha value is -10.8. The molecule has 10 aromatic carbocycles. The molecular formula is C82H69ClN5O10PS2. The molecule has 3 atom stereocenters. The van der Waals surface area contributed by atoms with Crippen molar-refractivity contribution in [2.75, 3.05) is 24.3 Å². The summed E-state index contributed by atoms with van der Waals surface area (Å²) >= 11 is 2.66. The molecule has 15 nitrogen and oxygen atoms in total. The molecule has 0 spiro atoms. The van der Waals surface area contributed by atoms with Crippen molar-refractivity contribution in [3.63, 3.8) is 0 Å². The van der Waals surface area contributed by atoms with Crippen LogP contribution in [0.5, 0.6) is 17.2 Å². The Morgan fingerprint density at radius 1 is 0.644 bits per heavy atom. The number of oxime groups is 1. The van der Waals surface area contributed by atoms with Crippen LogP contribution in [0, 0.1) is 0 Å². The van der Waals surface area contributed by atoms with Crippen LogP contribution in [0.1, 0.15) is 70.7 Å². The van der Waals surface area contributed by atoms with Gasteiger partial charge in [-0.25, -0.2) is 14.6 Å². The predicted molar refractivity (Wildman–Crippen MR) is 393 cm³/mol. The summed E-state index contributed by atoms with van der Waals surface area (Å²) in [7, 11) is -1.08. The molecule has 0 bridgehead atoms. The number of rotatable bonds is 24. The molecule has 2 N–H and O–H groups in total. The van der Waals surface area contributed by atoms with Gasteiger partial charge in [0.15, 0.2) is 28.4 Å². The van der Waals surface area contributed by atoms with Gasteiger partial charge >= 0.3 is 11.9 Å². The average Bonchev–Trinajstić information content (AvgIpc) is 1.08. The van der Waals surface area contributed by atoms with Crippen LogP contribution in [0.2, 0.25) is 0 Å². The van der Waals surface area contributed by atoms with Gasteiger partial charge in [0.2, 0.25) is 11.9 Å². The number of esters is 2. The number of thiazole rings is 1. The largest absolute Gasteiger partial charge is 1.00 e. The van der Waals surface area contributed by atoms with Crippen LogP contribution in [0.4, 0.5) is 5.13 Å². The van der Waals surface area contributed by atoms with E-state index in [9.17, 15) is 0 Å². The van der Waals surface area contributed by atoms with Crippen LogP contribution in [-0.4, -0.2) is 75.6 Å². The summed E-state index contributed by atoms with van der Waals surface area (Å²) in [6.45, 7) is 3.45. The lowest BCUT2D eigenvalue weighted by Gasteiger charge is -2.50. The van der Waals surface area contributed by atoms with Gasteiger partial charge in [-0.2, -0.15) is 0 Å². The van der Waals surface area contributed by atoms with Gasteiger partial charge in [0, 0.05) is 36.1 Å². The SMILES string of the molecule is COc1ccc(COC(=O)C2=C(C[P+](c3ccccc3)(c3ccccc3)c3ccccc3)CS[C@@H]3[C@H](NC(=O)/C(=N\O[C@H](C(=O)OC(c4ccccc4)c4ccccc4)c4ccc5c(c4)OC(C)(C)O5)c4csc(NC(c5ccccc5)(c5ccccc5)c5ccccc5)n4)C(=O)N23)cc1.[Cl-]. The molecule has 506 valence electrons. The molecule has 3 aliphatic rings. The zero-order valence-electron chi connectivity index (χ0n) is 55.2. The topological polar surface area (TPSA) is 176 Å². The normalized spacial score (nSPS) is 15.6. The van der Waals surface area contributed by atoms with E-state index in [4.69, 9.17) is 33.5 Å². The number of benzene rings is 10. The number of methoxy groups -OCH3 is 1. The van der Waals surface area contributed by atoms with E-state index >= 15 is 19.2 Å². The molecule has 0 saturated carbocycles. The van der Waals surface area contributed by atoms with E-state index in [-0.39, 0.29) is 41.7 Å². The van der Waals surface area contributed by atoms with Crippen molar-refractivity contribution < 1.29 is 60.1 Å². The fourth-order valence-corrected chi connectivity index (χ4v) is 19.7. The van der Waals surface area contributed by atoms with Gasteiger partial charge in [0.1, 0.15) is 63.9 Å². The third-order valence-electron chi connectivity index (χ3n) is 17.8. The highest BCUT2D eigenvalue weighted by Gasteiger charge is 2.57. The van der Waals surface area contributed by atoms with Crippen LogP contribution in [0.25, 0.3) is 0 Å². The fraction of sp³-hybridized carbons (Fsp3) is 0.146. The van der Waals surface area contributed by atoms with E-state index in [1.54, 1.807) is 56.7 Å². The van der Waals surface area contributed by atoms with Crippen molar-refractivity contribution in [2.45, 2.75) is 55.4 Å². The van der Waals surface area contributed by atoms with Crippen molar-refractivity contribution in [2.24, 2.45) is 5.16 Å². The number of carbonyl (C=O) groups is 4. The Labute approximate surface area is 600 Å². The van der Waals surface area contributed by atoms with Gasteiger partial charge in [-0.3, -0.25) is 14.5 Å². The van der Waals surface area contributed by atoms with Crippen molar-refractivity contribution in [1.82, 2.24) is 15.2 Å². The molecule has 2 amide bonds. The standard InChI is InChI=1S/C82H68N5O10PS2.ClH/c1-81(2)95-68-49-46-58(50-69(68)96-81)74(79(91)94-73(56-28-12-4-13-29-56)57-30-14-5-15-31-57)97-86-70(67-54-100-80(83-67)85-82(60-32-16-6-17-33-60,61-34-18-7-19-35-61)62-36-20-8-21-37-62)75(88)84-71-76(89)87-72(78(90)93-51-55-44-47-63(92-3)48-45-55)59(53-99-77(71)87)52-98(64-38-22-9-23-39-64,65-40-24-10-25-41-65)66-42-26-11-27-43-66;/h4-50,54,71,73-74,77H,51-53H2,1-3H3,(H-,83,84,85,88);1H/b86-70-;/t71-,74+,77-;/m1./s1. The number of nitrogens with one attached hydrogen (secondary N) is 2. The molecule has 11 aromatic rings. The lowest BCUT2D eigenvalue weighted by molar-refractivity contribution is -0.162. The summed E-state index contributed by atoms with van der Waals surface area (Å²) in [6, 6.07) is 90.7. The number of anilines is 1. The van der Waals surface area contributed by atoms with Crippen LogP contribution in [0.3, 0.4) is 0 Å².